The molecule has 5 heteroatoms. The summed E-state index contributed by atoms with van der Waals surface area (Å²) in [6.45, 7) is 0.442. The van der Waals surface area contributed by atoms with Crippen LogP contribution in [0.1, 0.15) is 23.6 Å². The number of carboxylic acids is 1. The van der Waals surface area contributed by atoms with Crippen molar-refractivity contribution >= 4 is 5.97 Å². The number of hydrogen-bond donors (Lipinski definition) is 2. The zero-order chi connectivity index (χ0) is 12.8. The molecule has 1 unspecified atom stereocenters. The summed E-state index contributed by atoms with van der Waals surface area (Å²) in [5, 5.41) is 8.68. The predicted octanol–water partition coefficient (Wildman–Crippen LogP) is 1.32. The molecule has 0 aliphatic rings. The van der Waals surface area contributed by atoms with Gasteiger partial charge in [-0.25, -0.2) is 0 Å². The fourth-order valence-corrected chi connectivity index (χ4v) is 1.57. The minimum absolute atomic E-state index is 0.104. The van der Waals surface area contributed by atoms with Crippen LogP contribution in [0.2, 0.25) is 0 Å². The van der Waals surface area contributed by atoms with Crippen LogP contribution in [0.15, 0.2) is 18.2 Å². The molecule has 0 amide bonds. The summed E-state index contributed by atoms with van der Waals surface area (Å²) in [4.78, 5) is 10.6. The summed E-state index contributed by atoms with van der Waals surface area (Å²) in [6, 6.07) is 4.85. The summed E-state index contributed by atoms with van der Waals surface area (Å²) >= 11 is 0. The van der Waals surface area contributed by atoms with Gasteiger partial charge in [0.2, 0.25) is 0 Å². The molecule has 0 saturated carbocycles. The van der Waals surface area contributed by atoms with Crippen LogP contribution in [0.5, 0.6) is 5.75 Å². The lowest BCUT2D eigenvalue weighted by atomic mass is 10.0. The Labute approximate surface area is 100 Å². The molecule has 0 heterocycles. The zero-order valence-corrected chi connectivity index (χ0v) is 9.97. The minimum atomic E-state index is -0.919. The Balaban J connectivity index is 2.92. The molecule has 0 fully saturated rings. The van der Waals surface area contributed by atoms with Gasteiger partial charge in [-0.15, -0.1) is 0 Å². The molecule has 1 atom stereocenters. The molecule has 0 aliphatic heterocycles. The van der Waals surface area contributed by atoms with E-state index in [1.54, 1.807) is 26.4 Å². The molecule has 0 saturated heterocycles. The van der Waals surface area contributed by atoms with E-state index >= 15 is 0 Å². The topological polar surface area (TPSA) is 81.8 Å². The van der Waals surface area contributed by atoms with E-state index in [-0.39, 0.29) is 6.42 Å². The first kappa shape index (κ1) is 13.5. The van der Waals surface area contributed by atoms with Crippen LogP contribution >= 0.6 is 0 Å². The first-order valence-electron chi connectivity index (χ1n) is 5.21. The third-order valence-electron chi connectivity index (χ3n) is 2.43. The normalized spacial score (nSPS) is 12.2. The van der Waals surface area contributed by atoms with Crippen LogP contribution in [0, 0.1) is 0 Å². The van der Waals surface area contributed by atoms with Crippen LogP contribution in [0.25, 0.3) is 0 Å². The van der Waals surface area contributed by atoms with E-state index in [2.05, 4.69) is 0 Å². The van der Waals surface area contributed by atoms with Gasteiger partial charge < -0.3 is 20.3 Å². The van der Waals surface area contributed by atoms with E-state index in [0.29, 0.717) is 12.4 Å². The summed E-state index contributed by atoms with van der Waals surface area (Å²) in [6.07, 6.45) is -0.104. The van der Waals surface area contributed by atoms with Crippen molar-refractivity contribution in [3.63, 3.8) is 0 Å². The molecule has 17 heavy (non-hydrogen) atoms. The summed E-state index contributed by atoms with van der Waals surface area (Å²) in [7, 11) is 3.16. The van der Waals surface area contributed by atoms with Crippen molar-refractivity contribution in [1.29, 1.82) is 0 Å². The lowest BCUT2D eigenvalue weighted by Crippen LogP contribution is -2.15. The Morgan fingerprint density at radius 2 is 2.18 bits per heavy atom. The van der Waals surface area contributed by atoms with E-state index in [1.165, 1.54) is 0 Å². The van der Waals surface area contributed by atoms with Crippen LogP contribution in [0.3, 0.4) is 0 Å². The second kappa shape index (κ2) is 6.22. The number of nitrogens with two attached hydrogens (primary N) is 1. The number of hydrogen-bond acceptors (Lipinski definition) is 4. The fraction of sp³-hybridized carbons (Fsp3) is 0.417. The Morgan fingerprint density at radius 1 is 1.47 bits per heavy atom. The molecule has 1 rings (SSSR count). The van der Waals surface area contributed by atoms with Crippen LogP contribution < -0.4 is 10.5 Å². The minimum Gasteiger partial charge on any atom is -0.496 e. The highest BCUT2D eigenvalue weighted by molar-refractivity contribution is 5.68. The number of carboxylic acid groups (broad SMARTS) is 1. The van der Waals surface area contributed by atoms with Crippen molar-refractivity contribution in [2.45, 2.75) is 19.1 Å². The van der Waals surface area contributed by atoms with Crippen LogP contribution in [-0.2, 0) is 16.1 Å². The summed E-state index contributed by atoms with van der Waals surface area (Å²) in [5.41, 5.74) is 7.42. The number of ether oxygens (including phenoxy) is 2. The third-order valence-corrected chi connectivity index (χ3v) is 2.43. The van der Waals surface area contributed by atoms with Crippen molar-refractivity contribution < 1.29 is 19.4 Å². The van der Waals surface area contributed by atoms with E-state index in [0.717, 1.165) is 11.1 Å². The van der Waals surface area contributed by atoms with E-state index in [4.69, 9.17) is 20.3 Å². The fourth-order valence-electron chi connectivity index (χ4n) is 1.57. The molecule has 0 radical (unpaired) electrons. The van der Waals surface area contributed by atoms with Crippen molar-refractivity contribution in [2.24, 2.45) is 5.73 Å². The maximum absolute atomic E-state index is 10.6. The van der Waals surface area contributed by atoms with Gasteiger partial charge in [0.15, 0.2) is 0 Å². The molecular formula is C12H17NO4. The Kier molecular flexibility index (Phi) is 4.93. The average Bonchev–Trinajstić information content (AvgIpc) is 2.29. The molecule has 0 aliphatic carbocycles. The highest BCUT2D eigenvalue weighted by Gasteiger charge is 2.13. The summed E-state index contributed by atoms with van der Waals surface area (Å²) < 4.78 is 10.2. The quantitative estimate of drug-likeness (QED) is 0.782. The molecule has 3 N–H and O–H groups in total. The molecule has 0 aromatic heterocycles. The van der Waals surface area contributed by atoms with Gasteiger partial charge in [0.1, 0.15) is 5.75 Å². The van der Waals surface area contributed by atoms with Crippen LogP contribution in [-0.4, -0.2) is 25.3 Å². The molecule has 1 aromatic carbocycles. The molecule has 0 bridgehead atoms. The van der Waals surface area contributed by atoms with Crippen molar-refractivity contribution in [3.8, 4) is 5.75 Å². The SMILES string of the molecule is COCc1ccc(C(N)CC(=O)O)cc1OC. The molecule has 1 aromatic rings. The highest BCUT2D eigenvalue weighted by atomic mass is 16.5. The van der Waals surface area contributed by atoms with Crippen molar-refractivity contribution in [1.82, 2.24) is 0 Å². The number of benzene rings is 1. The predicted molar refractivity (Wildman–Crippen MR) is 62.9 cm³/mol. The van der Waals surface area contributed by atoms with Gasteiger partial charge in [-0.1, -0.05) is 12.1 Å². The van der Waals surface area contributed by atoms with Gasteiger partial charge in [0, 0.05) is 18.7 Å². The van der Waals surface area contributed by atoms with Gasteiger partial charge in [0.05, 0.1) is 20.1 Å². The van der Waals surface area contributed by atoms with Crippen molar-refractivity contribution in [2.75, 3.05) is 14.2 Å². The molecule has 0 spiro atoms. The van der Waals surface area contributed by atoms with E-state index < -0.39 is 12.0 Å². The number of aliphatic carboxylic acids is 1. The number of carbonyl (C=O) groups is 1. The summed E-state index contributed by atoms with van der Waals surface area (Å²) in [5.74, 6) is -0.261. The highest BCUT2D eigenvalue weighted by Crippen LogP contribution is 2.24. The van der Waals surface area contributed by atoms with Gasteiger partial charge in [-0.2, -0.15) is 0 Å². The maximum Gasteiger partial charge on any atom is 0.305 e. The van der Waals surface area contributed by atoms with Crippen LogP contribution in [0.4, 0.5) is 0 Å². The standard InChI is InChI=1S/C12H17NO4/c1-16-7-9-4-3-8(5-11(9)17-2)10(13)6-12(14)15/h3-5,10H,6-7,13H2,1-2H3,(H,14,15). The zero-order valence-electron chi connectivity index (χ0n) is 9.97. The smallest absolute Gasteiger partial charge is 0.305 e. The Hall–Kier alpha value is -1.59. The first-order valence-corrected chi connectivity index (χ1v) is 5.21. The Bertz CT molecular complexity index is 392. The van der Waals surface area contributed by atoms with E-state index in [1.807, 2.05) is 6.07 Å². The lowest BCUT2D eigenvalue weighted by Gasteiger charge is -2.13. The van der Waals surface area contributed by atoms with Crippen molar-refractivity contribution in [3.05, 3.63) is 29.3 Å². The van der Waals surface area contributed by atoms with E-state index in [9.17, 15) is 4.79 Å². The first-order chi connectivity index (χ1) is 8.08. The molecule has 5 nitrogen and oxygen atoms in total. The lowest BCUT2D eigenvalue weighted by molar-refractivity contribution is -0.137. The Morgan fingerprint density at radius 3 is 2.71 bits per heavy atom. The second-order valence-corrected chi connectivity index (χ2v) is 3.71. The van der Waals surface area contributed by atoms with Gasteiger partial charge >= 0.3 is 5.97 Å². The van der Waals surface area contributed by atoms with Gasteiger partial charge in [-0.3, -0.25) is 4.79 Å². The molecular weight excluding hydrogens is 222 g/mol. The average molecular weight is 239 g/mol. The molecule has 94 valence electrons. The maximum atomic E-state index is 10.6. The number of methoxy groups -OCH3 is 2. The van der Waals surface area contributed by atoms with Gasteiger partial charge in [0.25, 0.3) is 0 Å². The largest absolute Gasteiger partial charge is 0.496 e. The third kappa shape index (κ3) is 3.72. The number of rotatable bonds is 6. The monoisotopic (exact) mass is 239 g/mol. The van der Waals surface area contributed by atoms with Gasteiger partial charge in [-0.05, 0) is 11.6 Å². The second-order valence-electron chi connectivity index (χ2n) is 3.71.